The molecule has 4 heteroatoms. The van der Waals surface area contributed by atoms with E-state index in [4.69, 9.17) is 4.74 Å². The zero-order chi connectivity index (χ0) is 11.7. The lowest BCUT2D eigenvalue weighted by Crippen LogP contribution is -2.31. The van der Waals surface area contributed by atoms with E-state index in [9.17, 15) is 0 Å². The van der Waals surface area contributed by atoms with Crippen molar-refractivity contribution < 1.29 is 4.74 Å². The molecule has 1 saturated heterocycles. The highest BCUT2D eigenvalue weighted by atomic mass is 16.5. The van der Waals surface area contributed by atoms with E-state index in [2.05, 4.69) is 20.9 Å². The van der Waals surface area contributed by atoms with Gasteiger partial charge in [0.1, 0.15) is 11.3 Å². The molecule has 1 aliphatic rings. The van der Waals surface area contributed by atoms with Crippen LogP contribution in [0.3, 0.4) is 0 Å². The number of para-hydroxylation sites is 1. The van der Waals surface area contributed by atoms with Crippen molar-refractivity contribution in [1.29, 1.82) is 0 Å². The summed E-state index contributed by atoms with van der Waals surface area (Å²) in [7, 11) is 1.69. The summed E-state index contributed by atoms with van der Waals surface area (Å²) < 4.78 is 7.60. The van der Waals surface area contributed by atoms with Crippen molar-refractivity contribution in [3.8, 4) is 5.75 Å². The standard InChI is InChI=1S/C13H17N3O/c1-17-12-6-2-5-11-13(12)15-9-16(11)10-4-3-7-14-8-10/h2,5-6,9-10,14H,3-4,7-8H2,1H3. The molecule has 1 unspecified atom stereocenters. The van der Waals surface area contributed by atoms with E-state index in [1.54, 1.807) is 7.11 Å². The van der Waals surface area contributed by atoms with Gasteiger partial charge in [0.25, 0.3) is 0 Å². The van der Waals surface area contributed by atoms with Crippen LogP contribution in [0.4, 0.5) is 0 Å². The van der Waals surface area contributed by atoms with Gasteiger partial charge in [0, 0.05) is 12.6 Å². The van der Waals surface area contributed by atoms with Gasteiger partial charge >= 0.3 is 0 Å². The molecule has 0 radical (unpaired) electrons. The van der Waals surface area contributed by atoms with Crippen LogP contribution in [0.2, 0.25) is 0 Å². The highest BCUT2D eigenvalue weighted by Gasteiger charge is 2.17. The van der Waals surface area contributed by atoms with Crippen LogP contribution < -0.4 is 10.1 Å². The second-order valence-electron chi connectivity index (χ2n) is 4.48. The predicted octanol–water partition coefficient (Wildman–Crippen LogP) is 1.97. The number of methoxy groups -OCH3 is 1. The summed E-state index contributed by atoms with van der Waals surface area (Å²) in [6.45, 7) is 2.16. The summed E-state index contributed by atoms with van der Waals surface area (Å²) in [5, 5.41) is 3.44. The SMILES string of the molecule is COc1cccc2c1ncn2C1CCCNC1. The molecule has 2 heterocycles. The molecule has 90 valence electrons. The number of hydrogen-bond acceptors (Lipinski definition) is 3. The van der Waals surface area contributed by atoms with Crippen molar-refractivity contribution in [2.24, 2.45) is 0 Å². The minimum Gasteiger partial charge on any atom is -0.494 e. The molecule has 0 saturated carbocycles. The Morgan fingerprint density at radius 3 is 3.18 bits per heavy atom. The highest BCUT2D eigenvalue weighted by molar-refractivity contribution is 5.82. The van der Waals surface area contributed by atoms with Crippen molar-refractivity contribution in [3.63, 3.8) is 0 Å². The molecule has 0 bridgehead atoms. The Bertz CT molecular complexity index is 514. The molecular formula is C13H17N3O. The van der Waals surface area contributed by atoms with Gasteiger partial charge in [0.05, 0.1) is 19.0 Å². The van der Waals surface area contributed by atoms with E-state index in [1.165, 1.54) is 12.8 Å². The zero-order valence-corrected chi connectivity index (χ0v) is 10.0. The Labute approximate surface area is 101 Å². The van der Waals surface area contributed by atoms with Crippen LogP contribution in [-0.4, -0.2) is 29.8 Å². The zero-order valence-electron chi connectivity index (χ0n) is 10.0. The summed E-state index contributed by atoms with van der Waals surface area (Å²) in [4.78, 5) is 4.47. The quantitative estimate of drug-likeness (QED) is 0.859. The molecule has 1 aromatic heterocycles. The monoisotopic (exact) mass is 231 g/mol. The normalized spacial score (nSPS) is 20.6. The first kappa shape index (κ1) is 10.6. The summed E-state index contributed by atoms with van der Waals surface area (Å²) in [6.07, 6.45) is 4.38. The fraction of sp³-hybridized carbons (Fsp3) is 0.462. The average molecular weight is 231 g/mol. The summed E-state index contributed by atoms with van der Waals surface area (Å²) in [5.74, 6) is 0.852. The summed E-state index contributed by atoms with van der Waals surface area (Å²) in [6, 6.07) is 6.61. The van der Waals surface area contributed by atoms with E-state index in [0.29, 0.717) is 6.04 Å². The second-order valence-corrected chi connectivity index (χ2v) is 4.48. The number of rotatable bonds is 2. The third-order valence-corrected chi connectivity index (χ3v) is 3.45. The van der Waals surface area contributed by atoms with Crippen LogP contribution in [0.5, 0.6) is 5.75 Å². The fourth-order valence-corrected chi connectivity index (χ4v) is 2.56. The Morgan fingerprint density at radius 2 is 2.41 bits per heavy atom. The van der Waals surface area contributed by atoms with Crippen LogP contribution in [0, 0.1) is 0 Å². The summed E-state index contributed by atoms with van der Waals surface area (Å²) >= 11 is 0. The largest absolute Gasteiger partial charge is 0.494 e. The van der Waals surface area contributed by atoms with Crippen molar-refractivity contribution in [2.75, 3.05) is 20.2 Å². The molecule has 3 rings (SSSR count). The van der Waals surface area contributed by atoms with Gasteiger partial charge in [-0.3, -0.25) is 0 Å². The van der Waals surface area contributed by atoms with Crippen LogP contribution in [0.15, 0.2) is 24.5 Å². The lowest BCUT2D eigenvalue weighted by molar-refractivity contribution is 0.378. The first-order chi connectivity index (χ1) is 8.40. The van der Waals surface area contributed by atoms with Crippen molar-refractivity contribution >= 4 is 11.0 Å². The molecular weight excluding hydrogens is 214 g/mol. The number of nitrogens with one attached hydrogen (secondary N) is 1. The van der Waals surface area contributed by atoms with Gasteiger partial charge in [-0.15, -0.1) is 0 Å². The fourth-order valence-electron chi connectivity index (χ4n) is 2.56. The van der Waals surface area contributed by atoms with E-state index in [0.717, 1.165) is 29.9 Å². The molecule has 1 aromatic carbocycles. The minimum atomic E-state index is 0.515. The molecule has 2 aromatic rings. The second kappa shape index (κ2) is 4.37. The number of hydrogen-bond donors (Lipinski definition) is 1. The van der Waals surface area contributed by atoms with Crippen LogP contribution in [0.1, 0.15) is 18.9 Å². The highest BCUT2D eigenvalue weighted by Crippen LogP contribution is 2.27. The van der Waals surface area contributed by atoms with Gasteiger partial charge in [0.2, 0.25) is 0 Å². The van der Waals surface area contributed by atoms with Crippen molar-refractivity contribution in [3.05, 3.63) is 24.5 Å². The van der Waals surface area contributed by atoms with Gasteiger partial charge in [-0.25, -0.2) is 4.98 Å². The minimum absolute atomic E-state index is 0.515. The van der Waals surface area contributed by atoms with E-state index < -0.39 is 0 Å². The first-order valence-electron chi connectivity index (χ1n) is 6.10. The van der Waals surface area contributed by atoms with Gasteiger partial charge in [-0.2, -0.15) is 0 Å². The number of benzene rings is 1. The lowest BCUT2D eigenvalue weighted by atomic mass is 10.1. The van der Waals surface area contributed by atoms with E-state index >= 15 is 0 Å². The Hall–Kier alpha value is -1.55. The Morgan fingerprint density at radius 1 is 1.47 bits per heavy atom. The molecule has 1 fully saturated rings. The van der Waals surface area contributed by atoms with Crippen LogP contribution in [0.25, 0.3) is 11.0 Å². The van der Waals surface area contributed by atoms with Crippen molar-refractivity contribution in [1.82, 2.24) is 14.9 Å². The number of aromatic nitrogens is 2. The number of nitrogens with zero attached hydrogens (tertiary/aromatic N) is 2. The van der Waals surface area contributed by atoms with Gasteiger partial charge < -0.3 is 14.6 Å². The van der Waals surface area contributed by atoms with Crippen molar-refractivity contribution in [2.45, 2.75) is 18.9 Å². The summed E-state index contributed by atoms with van der Waals surface area (Å²) in [5.41, 5.74) is 2.12. The van der Waals surface area contributed by atoms with Gasteiger partial charge in [-0.1, -0.05) is 6.07 Å². The Kier molecular flexibility index (Phi) is 2.73. The maximum absolute atomic E-state index is 5.34. The number of ether oxygens (including phenoxy) is 1. The Balaban J connectivity index is 2.05. The van der Waals surface area contributed by atoms with Crippen LogP contribution >= 0.6 is 0 Å². The van der Waals surface area contributed by atoms with Gasteiger partial charge in [-0.05, 0) is 31.5 Å². The molecule has 17 heavy (non-hydrogen) atoms. The van der Waals surface area contributed by atoms with Crippen LogP contribution in [-0.2, 0) is 0 Å². The van der Waals surface area contributed by atoms with E-state index in [-0.39, 0.29) is 0 Å². The third kappa shape index (κ3) is 1.78. The molecule has 1 aliphatic heterocycles. The molecule has 0 aliphatic carbocycles. The molecule has 0 amide bonds. The third-order valence-electron chi connectivity index (χ3n) is 3.45. The molecule has 4 nitrogen and oxygen atoms in total. The maximum Gasteiger partial charge on any atom is 0.146 e. The number of piperidine rings is 1. The van der Waals surface area contributed by atoms with E-state index in [1.807, 2.05) is 18.5 Å². The smallest absolute Gasteiger partial charge is 0.146 e. The number of imidazole rings is 1. The average Bonchev–Trinajstić information content (AvgIpc) is 2.83. The maximum atomic E-state index is 5.34. The number of fused-ring (bicyclic) bond motifs is 1. The first-order valence-corrected chi connectivity index (χ1v) is 6.10. The van der Waals surface area contributed by atoms with Gasteiger partial charge in [0.15, 0.2) is 0 Å². The topological polar surface area (TPSA) is 39.1 Å². The molecule has 1 N–H and O–H groups in total. The molecule has 0 spiro atoms. The molecule has 1 atom stereocenters. The predicted molar refractivity (Wildman–Crippen MR) is 67.4 cm³/mol. The lowest BCUT2D eigenvalue weighted by Gasteiger charge is -2.24.